The van der Waals surface area contributed by atoms with Crippen LogP contribution in [0.4, 0.5) is 0 Å². The van der Waals surface area contributed by atoms with Gasteiger partial charge in [-0.15, -0.1) is 0 Å². The number of para-hydroxylation sites is 1. The minimum atomic E-state index is -0.460. The Labute approximate surface area is 176 Å². The van der Waals surface area contributed by atoms with Crippen LogP contribution in [0.2, 0.25) is 0 Å². The summed E-state index contributed by atoms with van der Waals surface area (Å²) < 4.78 is 11.3. The van der Waals surface area contributed by atoms with Crippen molar-refractivity contribution < 1.29 is 19.1 Å². The maximum absolute atomic E-state index is 12.4. The van der Waals surface area contributed by atoms with E-state index in [1.54, 1.807) is 43.5 Å². The zero-order chi connectivity index (χ0) is 20.5. The molecule has 7 nitrogen and oxygen atoms in total. The first-order valence-corrected chi connectivity index (χ1v) is 9.51. The Balaban J connectivity index is 1.91. The first-order valence-electron chi connectivity index (χ1n) is 8.31. The Morgan fingerprint density at radius 2 is 1.82 bits per heavy atom. The largest absolute Gasteiger partial charge is 0.490 e. The summed E-state index contributed by atoms with van der Waals surface area (Å²) >= 11 is 8.45. The molecule has 0 saturated carbocycles. The van der Waals surface area contributed by atoms with Gasteiger partial charge in [0.05, 0.1) is 12.2 Å². The highest BCUT2D eigenvalue weighted by molar-refractivity contribution is 9.10. The Kier molecular flexibility index (Phi) is 8.37. The van der Waals surface area contributed by atoms with Gasteiger partial charge in [-0.25, -0.2) is 0 Å². The van der Waals surface area contributed by atoms with Gasteiger partial charge < -0.3 is 9.47 Å². The molecule has 3 N–H and O–H groups in total. The van der Waals surface area contributed by atoms with Gasteiger partial charge in [0.2, 0.25) is 0 Å². The minimum Gasteiger partial charge on any atom is -0.490 e. The standard InChI is InChI=1S/C19H20BrN3O4S/c1-12-7-8-13(11-15(12)20)17(24)22-23-19(28)21-18(25)14-5-3-4-6-16(14)27-10-9-26-2/h3-8,11H,9-10H2,1-2H3,(H,22,24)(H2,21,23,25,28). The molecule has 28 heavy (non-hydrogen) atoms. The number of hydrogen-bond acceptors (Lipinski definition) is 5. The fraction of sp³-hybridized carbons (Fsp3) is 0.211. The van der Waals surface area contributed by atoms with Gasteiger partial charge in [-0.05, 0) is 49.0 Å². The molecule has 0 aromatic heterocycles. The van der Waals surface area contributed by atoms with E-state index in [-0.39, 0.29) is 11.0 Å². The number of carbonyl (C=O) groups excluding carboxylic acids is 2. The Morgan fingerprint density at radius 3 is 2.54 bits per heavy atom. The van der Waals surface area contributed by atoms with Crippen molar-refractivity contribution in [3.8, 4) is 5.75 Å². The summed E-state index contributed by atoms with van der Waals surface area (Å²) in [5.41, 5.74) is 6.73. The highest BCUT2D eigenvalue weighted by Crippen LogP contribution is 2.18. The van der Waals surface area contributed by atoms with E-state index in [0.717, 1.165) is 10.0 Å². The SMILES string of the molecule is COCCOc1ccccc1C(=O)NC(=S)NNC(=O)c1ccc(C)c(Br)c1. The number of halogens is 1. The molecule has 2 amide bonds. The summed E-state index contributed by atoms with van der Waals surface area (Å²) in [7, 11) is 1.57. The summed E-state index contributed by atoms with van der Waals surface area (Å²) in [5.74, 6) is -0.438. The number of carbonyl (C=O) groups is 2. The molecular formula is C19H20BrN3O4S. The number of hydrazine groups is 1. The highest BCUT2D eigenvalue weighted by Gasteiger charge is 2.14. The van der Waals surface area contributed by atoms with E-state index in [1.165, 1.54) is 0 Å². The van der Waals surface area contributed by atoms with Crippen LogP contribution in [0.5, 0.6) is 5.75 Å². The second-order valence-corrected chi connectivity index (χ2v) is 6.93. The van der Waals surface area contributed by atoms with Gasteiger partial charge in [0, 0.05) is 17.1 Å². The third-order valence-corrected chi connectivity index (χ3v) is 4.69. The lowest BCUT2D eigenvalue weighted by Crippen LogP contribution is -2.48. The molecular weight excluding hydrogens is 446 g/mol. The number of hydrogen-bond donors (Lipinski definition) is 3. The lowest BCUT2D eigenvalue weighted by Gasteiger charge is -2.13. The average Bonchev–Trinajstić information content (AvgIpc) is 2.68. The summed E-state index contributed by atoms with van der Waals surface area (Å²) in [6.07, 6.45) is 0. The fourth-order valence-corrected chi connectivity index (χ4v) is 2.66. The van der Waals surface area contributed by atoms with E-state index < -0.39 is 5.91 Å². The summed E-state index contributed by atoms with van der Waals surface area (Å²) in [4.78, 5) is 24.6. The summed E-state index contributed by atoms with van der Waals surface area (Å²) in [6.45, 7) is 2.63. The van der Waals surface area contributed by atoms with Gasteiger partial charge in [0.1, 0.15) is 12.4 Å². The number of thiocarbonyl (C=S) groups is 1. The van der Waals surface area contributed by atoms with Gasteiger partial charge in [0.15, 0.2) is 5.11 Å². The zero-order valence-electron chi connectivity index (χ0n) is 15.4. The minimum absolute atomic E-state index is 0.0452. The lowest BCUT2D eigenvalue weighted by molar-refractivity contribution is 0.0933. The van der Waals surface area contributed by atoms with Crippen molar-refractivity contribution in [2.45, 2.75) is 6.92 Å². The van der Waals surface area contributed by atoms with Crippen molar-refractivity contribution in [2.75, 3.05) is 20.3 Å². The first kappa shape index (κ1) is 21.8. The number of methoxy groups -OCH3 is 1. The molecule has 0 heterocycles. The normalized spacial score (nSPS) is 10.1. The third kappa shape index (κ3) is 6.29. The van der Waals surface area contributed by atoms with Crippen LogP contribution in [-0.4, -0.2) is 37.3 Å². The van der Waals surface area contributed by atoms with Crippen molar-refractivity contribution in [1.82, 2.24) is 16.2 Å². The Morgan fingerprint density at radius 1 is 1.07 bits per heavy atom. The van der Waals surface area contributed by atoms with Crippen LogP contribution in [0.15, 0.2) is 46.9 Å². The molecule has 2 aromatic rings. The van der Waals surface area contributed by atoms with E-state index >= 15 is 0 Å². The van der Waals surface area contributed by atoms with Crippen molar-refractivity contribution >= 4 is 45.1 Å². The summed E-state index contributed by atoms with van der Waals surface area (Å²) in [5, 5.41) is 2.46. The molecule has 0 spiro atoms. The maximum atomic E-state index is 12.4. The van der Waals surface area contributed by atoms with Crippen LogP contribution in [0.1, 0.15) is 26.3 Å². The molecule has 9 heteroatoms. The van der Waals surface area contributed by atoms with E-state index in [0.29, 0.717) is 30.1 Å². The fourth-order valence-electron chi connectivity index (χ4n) is 2.14. The second kappa shape index (κ2) is 10.7. The smallest absolute Gasteiger partial charge is 0.269 e. The molecule has 0 aliphatic carbocycles. The Bertz CT molecular complexity index is 876. The second-order valence-electron chi connectivity index (χ2n) is 5.66. The van der Waals surface area contributed by atoms with Crippen LogP contribution in [0, 0.1) is 6.92 Å². The molecule has 0 bridgehead atoms. The van der Waals surface area contributed by atoms with E-state index in [9.17, 15) is 9.59 Å². The van der Waals surface area contributed by atoms with E-state index in [2.05, 4.69) is 32.1 Å². The molecule has 0 unspecified atom stereocenters. The average molecular weight is 466 g/mol. The maximum Gasteiger partial charge on any atom is 0.269 e. The molecule has 0 aliphatic heterocycles. The van der Waals surface area contributed by atoms with Gasteiger partial charge >= 0.3 is 0 Å². The Hall–Kier alpha value is -2.49. The molecule has 0 atom stereocenters. The van der Waals surface area contributed by atoms with Crippen LogP contribution in [-0.2, 0) is 4.74 Å². The van der Waals surface area contributed by atoms with Crippen LogP contribution in [0.3, 0.4) is 0 Å². The van der Waals surface area contributed by atoms with Crippen LogP contribution in [0.25, 0.3) is 0 Å². The zero-order valence-corrected chi connectivity index (χ0v) is 17.8. The van der Waals surface area contributed by atoms with Crippen LogP contribution >= 0.6 is 28.1 Å². The predicted molar refractivity (Wildman–Crippen MR) is 113 cm³/mol. The van der Waals surface area contributed by atoms with Gasteiger partial charge in [-0.1, -0.05) is 34.1 Å². The topological polar surface area (TPSA) is 88.7 Å². The monoisotopic (exact) mass is 465 g/mol. The molecule has 0 saturated heterocycles. The van der Waals surface area contributed by atoms with Crippen molar-refractivity contribution in [3.05, 3.63) is 63.6 Å². The molecule has 2 rings (SSSR count). The third-order valence-electron chi connectivity index (χ3n) is 3.63. The quantitative estimate of drug-likeness (QED) is 0.345. The number of aryl methyl sites for hydroxylation is 1. The molecule has 0 fully saturated rings. The molecule has 0 radical (unpaired) electrons. The van der Waals surface area contributed by atoms with Crippen molar-refractivity contribution in [2.24, 2.45) is 0 Å². The summed E-state index contributed by atoms with van der Waals surface area (Å²) in [6, 6.07) is 12.0. The molecule has 148 valence electrons. The first-order chi connectivity index (χ1) is 13.4. The number of benzene rings is 2. The van der Waals surface area contributed by atoms with Gasteiger partial charge in [0.25, 0.3) is 11.8 Å². The van der Waals surface area contributed by atoms with Crippen molar-refractivity contribution in [1.29, 1.82) is 0 Å². The van der Waals surface area contributed by atoms with Gasteiger partial charge in [-0.2, -0.15) is 0 Å². The van der Waals surface area contributed by atoms with Crippen LogP contribution < -0.4 is 20.9 Å². The predicted octanol–water partition coefficient (Wildman–Crippen LogP) is 2.73. The molecule has 2 aromatic carbocycles. The van der Waals surface area contributed by atoms with E-state index in [1.807, 2.05) is 13.0 Å². The van der Waals surface area contributed by atoms with Gasteiger partial charge in [-0.3, -0.25) is 25.8 Å². The highest BCUT2D eigenvalue weighted by atomic mass is 79.9. The molecule has 0 aliphatic rings. The lowest BCUT2D eigenvalue weighted by atomic mass is 10.1. The van der Waals surface area contributed by atoms with Crippen molar-refractivity contribution in [3.63, 3.8) is 0 Å². The van der Waals surface area contributed by atoms with E-state index in [4.69, 9.17) is 21.7 Å². The number of ether oxygens (including phenoxy) is 2. The number of amides is 2. The number of nitrogens with one attached hydrogen (secondary N) is 3. The number of rotatable bonds is 6.